The van der Waals surface area contributed by atoms with Crippen molar-refractivity contribution in [1.82, 2.24) is 5.32 Å². The van der Waals surface area contributed by atoms with Crippen molar-refractivity contribution in [3.63, 3.8) is 0 Å². The normalized spacial score (nSPS) is 25.1. The van der Waals surface area contributed by atoms with Gasteiger partial charge in [0.1, 0.15) is 5.82 Å². The van der Waals surface area contributed by atoms with Crippen molar-refractivity contribution in [2.45, 2.75) is 25.9 Å². The Labute approximate surface area is 111 Å². The van der Waals surface area contributed by atoms with E-state index >= 15 is 0 Å². The molecule has 2 atom stereocenters. The minimum atomic E-state index is -0.403. The van der Waals surface area contributed by atoms with Crippen LogP contribution in [0.15, 0.2) is 12.1 Å². The van der Waals surface area contributed by atoms with Crippen molar-refractivity contribution in [2.75, 3.05) is 18.0 Å². The number of piperazine rings is 1. The Morgan fingerprint density at radius 1 is 1.29 bits per heavy atom. The molecule has 1 aliphatic rings. The molecule has 1 saturated heterocycles. The average Bonchev–Trinajstić information content (AvgIpc) is 2.21. The summed E-state index contributed by atoms with van der Waals surface area (Å²) in [6.45, 7) is 5.87. The zero-order chi connectivity index (χ0) is 12.6. The Balaban J connectivity index is 2.38. The highest BCUT2D eigenvalue weighted by atomic mass is 35.5. The molecule has 0 radical (unpaired) electrons. The Morgan fingerprint density at radius 2 is 1.88 bits per heavy atom. The molecule has 1 aromatic carbocycles. The van der Waals surface area contributed by atoms with Crippen LogP contribution in [0.1, 0.15) is 13.8 Å². The van der Waals surface area contributed by atoms with Gasteiger partial charge in [-0.1, -0.05) is 23.2 Å². The van der Waals surface area contributed by atoms with Crippen molar-refractivity contribution in [3.05, 3.63) is 28.0 Å². The molecule has 1 aromatic rings. The number of anilines is 1. The van der Waals surface area contributed by atoms with Crippen molar-refractivity contribution in [3.8, 4) is 0 Å². The monoisotopic (exact) mass is 276 g/mol. The highest BCUT2D eigenvalue weighted by molar-refractivity contribution is 6.39. The topological polar surface area (TPSA) is 15.3 Å². The molecule has 2 rings (SSSR count). The zero-order valence-electron chi connectivity index (χ0n) is 9.80. The molecule has 1 fully saturated rings. The second-order valence-corrected chi connectivity index (χ2v) is 5.34. The maximum atomic E-state index is 13.1. The smallest absolute Gasteiger partial charge is 0.126 e. The summed E-state index contributed by atoms with van der Waals surface area (Å²) in [5.41, 5.74) is 0.732. The Morgan fingerprint density at radius 3 is 2.47 bits per heavy atom. The molecule has 2 nitrogen and oxygen atoms in total. The molecule has 0 saturated carbocycles. The minimum Gasteiger partial charge on any atom is -0.364 e. The van der Waals surface area contributed by atoms with Crippen molar-refractivity contribution in [2.24, 2.45) is 0 Å². The first-order valence-corrected chi connectivity index (χ1v) is 6.39. The Bertz CT molecular complexity index is 402. The van der Waals surface area contributed by atoms with Gasteiger partial charge in [0, 0.05) is 25.2 Å². The Hall–Kier alpha value is -0.510. The van der Waals surface area contributed by atoms with E-state index in [1.807, 2.05) is 0 Å². The van der Waals surface area contributed by atoms with Gasteiger partial charge in [-0.2, -0.15) is 0 Å². The van der Waals surface area contributed by atoms with Gasteiger partial charge in [-0.05, 0) is 26.0 Å². The van der Waals surface area contributed by atoms with E-state index in [9.17, 15) is 4.39 Å². The lowest BCUT2D eigenvalue weighted by molar-refractivity contribution is 0.425. The third kappa shape index (κ3) is 2.67. The van der Waals surface area contributed by atoms with Gasteiger partial charge in [-0.25, -0.2) is 4.39 Å². The van der Waals surface area contributed by atoms with Crippen LogP contribution in [0.25, 0.3) is 0 Å². The van der Waals surface area contributed by atoms with Gasteiger partial charge in [-0.3, -0.25) is 0 Å². The van der Waals surface area contributed by atoms with Gasteiger partial charge in [-0.15, -0.1) is 0 Å². The van der Waals surface area contributed by atoms with E-state index in [1.54, 1.807) is 0 Å². The maximum absolute atomic E-state index is 13.1. The standard InChI is InChI=1S/C12H15Cl2FN2/c1-7-6-17(8(2)5-16-7)12-10(13)3-9(15)4-11(12)14/h3-4,7-8,16H,5-6H2,1-2H3. The van der Waals surface area contributed by atoms with Crippen molar-refractivity contribution in [1.29, 1.82) is 0 Å². The van der Waals surface area contributed by atoms with Gasteiger partial charge >= 0.3 is 0 Å². The third-order valence-corrected chi connectivity index (χ3v) is 3.61. The molecular weight excluding hydrogens is 262 g/mol. The number of nitrogens with zero attached hydrogens (tertiary/aromatic N) is 1. The van der Waals surface area contributed by atoms with E-state index in [2.05, 4.69) is 24.1 Å². The zero-order valence-corrected chi connectivity index (χ0v) is 11.3. The molecule has 1 aliphatic heterocycles. The fourth-order valence-corrected chi connectivity index (χ4v) is 2.82. The fourth-order valence-electron chi connectivity index (χ4n) is 2.14. The first-order valence-electron chi connectivity index (χ1n) is 5.63. The summed E-state index contributed by atoms with van der Waals surface area (Å²) in [7, 11) is 0. The van der Waals surface area contributed by atoms with Crippen LogP contribution >= 0.6 is 23.2 Å². The van der Waals surface area contributed by atoms with Crippen molar-refractivity contribution >= 4 is 28.9 Å². The van der Waals surface area contributed by atoms with Gasteiger partial charge < -0.3 is 10.2 Å². The van der Waals surface area contributed by atoms with E-state index in [0.29, 0.717) is 16.1 Å². The molecule has 5 heteroatoms. The lowest BCUT2D eigenvalue weighted by Crippen LogP contribution is -2.54. The predicted octanol–water partition coefficient (Wildman–Crippen LogP) is 3.32. The van der Waals surface area contributed by atoms with Crippen molar-refractivity contribution < 1.29 is 4.39 Å². The van der Waals surface area contributed by atoms with Crippen LogP contribution < -0.4 is 10.2 Å². The number of hydrogen-bond acceptors (Lipinski definition) is 2. The van der Waals surface area contributed by atoms with Crippen LogP contribution in [0.4, 0.5) is 10.1 Å². The van der Waals surface area contributed by atoms with E-state index in [-0.39, 0.29) is 6.04 Å². The first kappa shape index (κ1) is 12.9. The quantitative estimate of drug-likeness (QED) is 0.847. The SMILES string of the molecule is CC1CN(c2c(Cl)cc(F)cc2Cl)C(C)CN1. The van der Waals surface area contributed by atoms with Crippen LogP contribution in [0.5, 0.6) is 0 Å². The summed E-state index contributed by atoms with van der Waals surface area (Å²) < 4.78 is 13.1. The summed E-state index contributed by atoms with van der Waals surface area (Å²) in [4.78, 5) is 2.13. The molecule has 1 heterocycles. The summed E-state index contributed by atoms with van der Waals surface area (Å²) in [5, 5.41) is 4.12. The van der Waals surface area contributed by atoms with E-state index in [4.69, 9.17) is 23.2 Å². The van der Waals surface area contributed by atoms with Gasteiger partial charge in [0.15, 0.2) is 0 Å². The number of hydrogen-bond donors (Lipinski definition) is 1. The average molecular weight is 277 g/mol. The predicted molar refractivity (Wildman–Crippen MR) is 70.7 cm³/mol. The lowest BCUT2D eigenvalue weighted by atomic mass is 10.1. The fraction of sp³-hybridized carbons (Fsp3) is 0.500. The van der Waals surface area contributed by atoms with Crippen LogP contribution in [-0.2, 0) is 0 Å². The van der Waals surface area contributed by atoms with Crippen LogP contribution in [0.2, 0.25) is 10.0 Å². The highest BCUT2D eigenvalue weighted by Crippen LogP contribution is 2.36. The van der Waals surface area contributed by atoms with Gasteiger partial charge in [0.05, 0.1) is 15.7 Å². The summed E-state index contributed by atoms with van der Waals surface area (Å²) in [6, 6.07) is 3.26. The molecule has 0 amide bonds. The highest BCUT2D eigenvalue weighted by Gasteiger charge is 2.26. The molecule has 2 unspecified atom stereocenters. The molecular formula is C12H15Cl2FN2. The molecule has 0 bridgehead atoms. The molecule has 0 aromatic heterocycles. The molecule has 0 spiro atoms. The number of benzene rings is 1. The molecule has 17 heavy (non-hydrogen) atoms. The second-order valence-electron chi connectivity index (χ2n) is 4.53. The van der Waals surface area contributed by atoms with Crippen LogP contribution in [-0.4, -0.2) is 25.2 Å². The Kier molecular flexibility index (Phi) is 3.81. The van der Waals surface area contributed by atoms with Crippen LogP contribution in [0.3, 0.4) is 0 Å². The lowest BCUT2D eigenvalue weighted by Gasteiger charge is -2.40. The second kappa shape index (κ2) is 5.01. The number of nitrogens with one attached hydrogen (secondary N) is 1. The van der Waals surface area contributed by atoms with E-state index in [1.165, 1.54) is 12.1 Å². The van der Waals surface area contributed by atoms with Crippen LogP contribution in [0, 0.1) is 5.82 Å². The minimum absolute atomic E-state index is 0.284. The maximum Gasteiger partial charge on any atom is 0.126 e. The largest absolute Gasteiger partial charge is 0.364 e. The molecule has 1 N–H and O–H groups in total. The number of halogens is 3. The first-order chi connectivity index (χ1) is 7.99. The summed E-state index contributed by atoms with van der Waals surface area (Å²) >= 11 is 12.2. The summed E-state index contributed by atoms with van der Waals surface area (Å²) in [6.07, 6.45) is 0. The molecule has 0 aliphatic carbocycles. The van der Waals surface area contributed by atoms with E-state index < -0.39 is 5.82 Å². The summed E-state index contributed by atoms with van der Waals surface area (Å²) in [5.74, 6) is -0.403. The van der Waals surface area contributed by atoms with Gasteiger partial charge in [0.25, 0.3) is 0 Å². The third-order valence-electron chi connectivity index (χ3n) is 3.03. The number of rotatable bonds is 1. The van der Waals surface area contributed by atoms with E-state index in [0.717, 1.165) is 18.8 Å². The molecule has 94 valence electrons. The van der Waals surface area contributed by atoms with Gasteiger partial charge in [0.2, 0.25) is 0 Å².